The Morgan fingerprint density at radius 2 is 1.89 bits per heavy atom. The molecule has 0 radical (unpaired) electrons. The number of benzene rings is 1. The van der Waals surface area contributed by atoms with Crippen LogP contribution in [0.1, 0.15) is 31.1 Å². The molecule has 0 aromatic heterocycles. The van der Waals surface area contributed by atoms with Crippen LogP contribution in [-0.2, 0) is 0 Å². The Kier molecular flexibility index (Phi) is 6.29. The van der Waals surface area contributed by atoms with Gasteiger partial charge in [-0.2, -0.15) is 0 Å². The highest BCUT2D eigenvalue weighted by Crippen LogP contribution is 2.17. The van der Waals surface area contributed by atoms with Crippen molar-refractivity contribution in [2.75, 3.05) is 19.7 Å². The Labute approximate surface area is 119 Å². The lowest BCUT2D eigenvalue weighted by atomic mass is 10.2. The van der Waals surface area contributed by atoms with Crippen molar-refractivity contribution >= 4 is 23.2 Å². The summed E-state index contributed by atoms with van der Waals surface area (Å²) >= 11 is 5.21. The fourth-order valence-electron chi connectivity index (χ4n) is 1.69. The van der Waals surface area contributed by atoms with Crippen LogP contribution in [0.4, 0.5) is 0 Å². The number of nitrogens with zero attached hydrogens (tertiary/aromatic N) is 1. The van der Waals surface area contributed by atoms with Gasteiger partial charge in [-0.15, -0.1) is 0 Å². The Morgan fingerprint density at radius 3 is 2.47 bits per heavy atom. The van der Waals surface area contributed by atoms with Crippen LogP contribution in [-0.4, -0.2) is 35.6 Å². The molecule has 0 fully saturated rings. The first-order valence-corrected chi connectivity index (χ1v) is 6.86. The predicted molar refractivity (Wildman–Crippen MR) is 80.6 cm³/mol. The van der Waals surface area contributed by atoms with Crippen molar-refractivity contribution in [3.8, 4) is 5.75 Å². The highest BCUT2D eigenvalue weighted by molar-refractivity contribution is 7.80. The Bertz CT molecular complexity index is 445. The summed E-state index contributed by atoms with van der Waals surface area (Å²) in [6, 6.07) is 7.15. The molecule has 1 aromatic rings. The first kappa shape index (κ1) is 15.4. The van der Waals surface area contributed by atoms with Gasteiger partial charge in [-0.3, -0.25) is 10.1 Å². The van der Waals surface area contributed by atoms with Crippen LogP contribution in [0.3, 0.4) is 0 Å². The maximum atomic E-state index is 12.2. The van der Waals surface area contributed by atoms with Crippen LogP contribution in [0.2, 0.25) is 0 Å². The van der Waals surface area contributed by atoms with E-state index in [-0.39, 0.29) is 5.91 Å². The minimum Gasteiger partial charge on any atom is -0.493 e. The SMILES string of the molecule is CCOc1ccccc1C(=O)NC(=S)N(CC)CC. The van der Waals surface area contributed by atoms with Crippen molar-refractivity contribution in [2.24, 2.45) is 0 Å². The summed E-state index contributed by atoms with van der Waals surface area (Å²) in [5.41, 5.74) is 0.499. The molecule has 0 unspecified atom stereocenters. The van der Waals surface area contributed by atoms with Crippen LogP contribution in [0, 0.1) is 0 Å². The van der Waals surface area contributed by atoms with Gasteiger partial charge in [0.15, 0.2) is 5.11 Å². The second-order valence-corrected chi connectivity index (χ2v) is 4.25. The van der Waals surface area contributed by atoms with E-state index in [1.165, 1.54) is 0 Å². The highest BCUT2D eigenvalue weighted by atomic mass is 32.1. The third-order valence-electron chi connectivity index (χ3n) is 2.70. The lowest BCUT2D eigenvalue weighted by Crippen LogP contribution is -2.42. The second-order valence-electron chi connectivity index (χ2n) is 3.86. The van der Waals surface area contributed by atoms with Gasteiger partial charge in [-0.25, -0.2) is 0 Å². The molecular weight excluding hydrogens is 260 g/mol. The molecule has 5 heteroatoms. The molecule has 1 N–H and O–H groups in total. The minimum atomic E-state index is -0.235. The summed E-state index contributed by atoms with van der Waals surface area (Å²) < 4.78 is 5.44. The molecule has 0 heterocycles. The van der Waals surface area contributed by atoms with Gasteiger partial charge in [0.25, 0.3) is 5.91 Å². The number of para-hydroxylation sites is 1. The number of carbonyl (C=O) groups is 1. The molecule has 4 nitrogen and oxygen atoms in total. The third-order valence-corrected chi connectivity index (χ3v) is 3.06. The van der Waals surface area contributed by atoms with Gasteiger partial charge in [0, 0.05) is 13.1 Å². The molecule has 0 atom stereocenters. The third kappa shape index (κ3) is 4.21. The van der Waals surface area contributed by atoms with Crippen molar-refractivity contribution in [3.05, 3.63) is 29.8 Å². The van der Waals surface area contributed by atoms with E-state index in [0.717, 1.165) is 13.1 Å². The number of ether oxygens (including phenoxy) is 1. The van der Waals surface area contributed by atoms with Crippen LogP contribution in [0.15, 0.2) is 24.3 Å². The number of hydrogen-bond acceptors (Lipinski definition) is 3. The summed E-state index contributed by atoms with van der Waals surface area (Å²) in [5, 5.41) is 3.18. The number of carbonyl (C=O) groups excluding carboxylic acids is 1. The smallest absolute Gasteiger partial charge is 0.261 e. The van der Waals surface area contributed by atoms with Gasteiger partial charge < -0.3 is 9.64 Å². The van der Waals surface area contributed by atoms with E-state index in [0.29, 0.717) is 23.0 Å². The highest BCUT2D eigenvalue weighted by Gasteiger charge is 2.15. The van der Waals surface area contributed by atoms with Gasteiger partial charge in [0.1, 0.15) is 5.75 Å². The van der Waals surface area contributed by atoms with E-state index in [1.807, 2.05) is 31.7 Å². The molecular formula is C14H20N2O2S. The van der Waals surface area contributed by atoms with Crippen LogP contribution < -0.4 is 10.1 Å². The van der Waals surface area contributed by atoms with E-state index in [2.05, 4.69) is 5.32 Å². The van der Waals surface area contributed by atoms with Gasteiger partial charge in [-0.1, -0.05) is 12.1 Å². The lowest BCUT2D eigenvalue weighted by Gasteiger charge is -2.22. The Morgan fingerprint density at radius 1 is 1.26 bits per heavy atom. The number of amides is 1. The van der Waals surface area contributed by atoms with Crippen LogP contribution in [0.5, 0.6) is 5.75 Å². The zero-order chi connectivity index (χ0) is 14.3. The number of rotatable bonds is 5. The summed E-state index contributed by atoms with van der Waals surface area (Å²) in [4.78, 5) is 14.1. The summed E-state index contributed by atoms with van der Waals surface area (Å²) in [5.74, 6) is 0.339. The summed E-state index contributed by atoms with van der Waals surface area (Å²) in [7, 11) is 0. The molecule has 1 amide bonds. The largest absolute Gasteiger partial charge is 0.493 e. The summed E-state index contributed by atoms with van der Waals surface area (Å²) in [6.07, 6.45) is 0. The second kappa shape index (κ2) is 7.74. The maximum Gasteiger partial charge on any atom is 0.261 e. The van der Waals surface area contributed by atoms with Gasteiger partial charge in [0.2, 0.25) is 0 Å². The molecule has 19 heavy (non-hydrogen) atoms. The van der Waals surface area contributed by atoms with E-state index in [1.54, 1.807) is 18.2 Å². The molecule has 0 bridgehead atoms. The monoisotopic (exact) mass is 280 g/mol. The lowest BCUT2D eigenvalue weighted by molar-refractivity contribution is 0.0970. The van der Waals surface area contributed by atoms with Crippen molar-refractivity contribution in [1.82, 2.24) is 10.2 Å². The molecule has 0 aliphatic carbocycles. The zero-order valence-corrected chi connectivity index (χ0v) is 12.4. The average molecular weight is 280 g/mol. The fraction of sp³-hybridized carbons (Fsp3) is 0.429. The molecule has 0 aliphatic rings. The fourth-order valence-corrected chi connectivity index (χ4v) is 2.04. The molecule has 0 spiro atoms. The van der Waals surface area contributed by atoms with Gasteiger partial charge in [-0.05, 0) is 45.1 Å². The van der Waals surface area contributed by atoms with Crippen molar-refractivity contribution in [1.29, 1.82) is 0 Å². The molecule has 0 saturated heterocycles. The van der Waals surface area contributed by atoms with E-state index < -0.39 is 0 Å². The number of thiocarbonyl (C=S) groups is 1. The molecule has 0 aliphatic heterocycles. The van der Waals surface area contributed by atoms with Gasteiger partial charge >= 0.3 is 0 Å². The molecule has 104 valence electrons. The number of hydrogen-bond donors (Lipinski definition) is 1. The van der Waals surface area contributed by atoms with Crippen molar-refractivity contribution < 1.29 is 9.53 Å². The van der Waals surface area contributed by atoms with E-state index >= 15 is 0 Å². The Hall–Kier alpha value is -1.62. The van der Waals surface area contributed by atoms with Crippen LogP contribution >= 0.6 is 12.2 Å². The van der Waals surface area contributed by atoms with Crippen molar-refractivity contribution in [3.63, 3.8) is 0 Å². The first-order valence-electron chi connectivity index (χ1n) is 6.46. The Balaban J connectivity index is 2.81. The first-order chi connectivity index (χ1) is 9.13. The zero-order valence-electron chi connectivity index (χ0n) is 11.6. The normalized spacial score (nSPS) is 9.84. The average Bonchev–Trinajstić information content (AvgIpc) is 2.41. The summed E-state index contributed by atoms with van der Waals surface area (Å²) in [6.45, 7) is 7.93. The topological polar surface area (TPSA) is 41.6 Å². The van der Waals surface area contributed by atoms with Crippen LogP contribution in [0.25, 0.3) is 0 Å². The number of nitrogens with one attached hydrogen (secondary N) is 1. The predicted octanol–water partition coefficient (Wildman–Crippen LogP) is 2.44. The quantitative estimate of drug-likeness (QED) is 0.841. The van der Waals surface area contributed by atoms with E-state index in [9.17, 15) is 4.79 Å². The van der Waals surface area contributed by atoms with E-state index in [4.69, 9.17) is 17.0 Å². The molecule has 1 aromatic carbocycles. The van der Waals surface area contributed by atoms with Crippen molar-refractivity contribution in [2.45, 2.75) is 20.8 Å². The van der Waals surface area contributed by atoms with Gasteiger partial charge in [0.05, 0.1) is 12.2 Å². The molecule has 0 saturated carbocycles. The maximum absolute atomic E-state index is 12.2. The standard InChI is InChI=1S/C14H20N2O2S/c1-4-16(5-2)14(19)15-13(17)11-9-7-8-10-12(11)18-6-3/h7-10H,4-6H2,1-3H3,(H,15,17,19). The minimum absolute atomic E-state index is 0.235. The molecule has 1 rings (SSSR count).